The average molecular weight is 523 g/mol. The molecule has 1 aliphatic heterocycles. The molecule has 1 saturated carbocycles. The van der Waals surface area contributed by atoms with E-state index in [1.165, 1.54) is 17.7 Å². The number of carboxylic acid groups (broad SMARTS) is 1. The molecular formula is C30H29F3N2O3. The first kappa shape index (κ1) is 25.8. The van der Waals surface area contributed by atoms with Crippen LogP contribution in [0.3, 0.4) is 0 Å². The zero-order chi connectivity index (χ0) is 26.9. The van der Waals surface area contributed by atoms with Crippen LogP contribution in [0.4, 0.5) is 29.3 Å². The summed E-state index contributed by atoms with van der Waals surface area (Å²) in [5.41, 5.74) is 4.46. The average Bonchev–Trinajstić information content (AvgIpc) is 3.32. The van der Waals surface area contributed by atoms with Crippen LogP contribution in [0, 0.1) is 5.92 Å². The first-order valence-corrected chi connectivity index (χ1v) is 12.9. The molecule has 1 heterocycles. The van der Waals surface area contributed by atoms with Crippen LogP contribution in [0.15, 0.2) is 66.7 Å². The predicted octanol–water partition coefficient (Wildman–Crippen LogP) is 7.72. The number of amides is 2. The summed E-state index contributed by atoms with van der Waals surface area (Å²) >= 11 is 0. The minimum atomic E-state index is -4.48. The maximum absolute atomic E-state index is 13.0. The monoisotopic (exact) mass is 522 g/mol. The van der Waals surface area contributed by atoms with Crippen LogP contribution in [0.5, 0.6) is 0 Å². The number of rotatable bonds is 5. The van der Waals surface area contributed by atoms with Gasteiger partial charge < -0.3 is 10.4 Å². The second kappa shape index (κ2) is 10.5. The van der Waals surface area contributed by atoms with Gasteiger partial charge in [0.2, 0.25) is 0 Å². The molecule has 1 fully saturated rings. The Hall–Kier alpha value is -3.81. The van der Waals surface area contributed by atoms with E-state index in [1.807, 2.05) is 12.1 Å². The van der Waals surface area contributed by atoms with Crippen LogP contribution in [0.25, 0.3) is 11.1 Å². The number of hydrogen-bond acceptors (Lipinski definition) is 2. The molecule has 0 bridgehead atoms. The predicted molar refractivity (Wildman–Crippen MR) is 140 cm³/mol. The van der Waals surface area contributed by atoms with Gasteiger partial charge in [0.05, 0.1) is 5.56 Å². The molecule has 3 aromatic rings. The zero-order valence-electron chi connectivity index (χ0n) is 20.8. The lowest BCUT2D eigenvalue weighted by atomic mass is 9.77. The minimum Gasteiger partial charge on any atom is -0.481 e. The van der Waals surface area contributed by atoms with Crippen molar-refractivity contribution in [3.63, 3.8) is 0 Å². The Balaban J connectivity index is 1.24. The van der Waals surface area contributed by atoms with Gasteiger partial charge >= 0.3 is 18.2 Å². The summed E-state index contributed by atoms with van der Waals surface area (Å²) in [6.45, 7) is 0.451. The molecule has 2 amide bonds. The summed E-state index contributed by atoms with van der Waals surface area (Å²) in [5.74, 6) is 0.0192. The highest BCUT2D eigenvalue weighted by atomic mass is 19.4. The number of benzene rings is 3. The van der Waals surface area contributed by atoms with Gasteiger partial charge in [0.25, 0.3) is 0 Å². The van der Waals surface area contributed by atoms with E-state index in [9.17, 15) is 22.8 Å². The van der Waals surface area contributed by atoms with Crippen molar-refractivity contribution in [3.05, 3.63) is 83.4 Å². The quantitative estimate of drug-likeness (QED) is 0.361. The molecule has 0 spiro atoms. The van der Waals surface area contributed by atoms with Crippen LogP contribution in [-0.2, 0) is 17.4 Å². The van der Waals surface area contributed by atoms with Gasteiger partial charge in [-0.2, -0.15) is 13.2 Å². The smallest absolute Gasteiger partial charge is 0.416 e. The Morgan fingerprint density at radius 1 is 0.921 bits per heavy atom. The third kappa shape index (κ3) is 5.69. The number of carbonyl (C=O) groups excluding carboxylic acids is 1. The summed E-state index contributed by atoms with van der Waals surface area (Å²) in [7, 11) is 0. The van der Waals surface area contributed by atoms with E-state index in [1.54, 1.807) is 4.90 Å². The number of carboxylic acids is 1. The molecule has 0 radical (unpaired) electrons. The Kier molecular flexibility index (Phi) is 7.15. The van der Waals surface area contributed by atoms with Gasteiger partial charge in [-0.1, -0.05) is 36.4 Å². The molecule has 198 valence electrons. The Morgan fingerprint density at radius 2 is 1.63 bits per heavy atom. The Morgan fingerprint density at radius 3 is 2.32 bits per heavy atom. The summed E-state index contributed by atoms with van der Waals surface area (Å²) in [6.07, 6.45) is 0.355. The highest BCUT2D eigenvalue weighted by Crippen LogP contribution is 2.38. The number of nitrogens with zero attached hydrogens (tertiary/aromatic N) is 1. The molecule has 38 heavy (non-hydrogen) atoms. The standard InChI is InChI=1S/C30H29F3N2O3/c31-30(32,33)25-2-1-3-26(18-25)34-29(38)35-15-14-24-17-23(12-13-27(24)35)22-10-8-21(9-11-22)20-6-4-19(5-7-20)16-28(36)37/h1-3,8-13,17-20H,4-7,14-16H2,(H,34,38)(H,36,37)/t19-,20-. The van der Waals surface area contributed by atoms with Crippen molar-refractivity contribution in [2.75, 3.05) is 16.8 Å². The summed E-state index contributed by atoms with van der Waals surface area (Å²) in [5, 5.41) is 11.6. The van der Waals surface area contributed by atoms with E-state index < -0.39 is 23.7 Å². The molecule has 0 saturated heterocycles. The number of halogens is 3. The SMILES string of the molecule is O=C(O)C[C@H]1CC[C@H](c2ccc(-c3ccc4c(c3)CCN4C(=O)Nc3cccc(C(F)(F)F)c3)cc2)CC1. The van der Waals surface area contributed by atoms with Crippen LogP contribution < -0.4 is 10.2 Å². The van der Waals surface area contributed by atoms with Crippen molar-refractivity contribution in [3.8, 4) is 11.1 Å². The summed E-state index contributed by atoms with van der Waals surface area (Å²) in [4.78, 5) is 25.4. The Labute approximate surface area is 219 Å². The third-order valence-corrected chi connectivity index (χ3v) is 7.69. The lowest BCUT2D eigenvalue weighted by Gasteiger charge is -2.28. The van der Waals surface area contributed by atoms with E-state index in [-0.39, 0.29) is 18.0 Å². The largest absolute Gasteiger partial charge is 0.481 e. The fourth-order valence-corrected chi connectivity index (χ4v) is 5.65. The summed E-state index contributed by atoms with van der Waals surface area (Å²) in [6, 6.07) is 18.6. The van der Waals surface area contributed by atoms with Crippen molar-refractivity contribution in [2.24, 2.45) is 5.92 Å². The molecule has 5 rings (SSSR count). The number of hydrogen-bond donors (Lipinski definition) is 2. The minimum absolute atomic E-state index is 0.102. The number of fused-ring (bicyclic) bond motifs is 1. The fraction of sp³-hybridized carbons (Fsp3) is 0.333. The second-order valence-corrected chi connectivity index (χ2v) is 10.2. The molecule has 0 unspecified atom stereocenters. The van der Waals surface area contributed by atoms with Crippen molar-refractivity contribution >= 4 is 23.4 Å². The first-order valence-electron chi connectivity index (χ1n) is 12.9. The lowest BCUT2D eigenvalue weighted by Crippen LogP contribution is -2.33. The van der Waals surface area contributed by atoms with E-state index in [4.69, 9.17) is 5.11 Å². The molecular weight excluding hydrogens is 493 g/mol. The van der Waals surface area contributed by atoms with Crippen molar-refractivity contribution < 1.29 is 27.9 Å². The van der Waals surface area contributed by atoms with Crippen LogP contribution >= 0.6 is 0 Å². The lowest BCUT2D eigenvalue weighted by molar-refractivity contribution is -0.139. The van der Waals surface area contributed by atoms with Gasteiger partial charge in [-0.15, -0.1) is 0 Å². The molecule has 5 nitrogen and oxygen atoms in total. The maximum atomic E-state index is 13.0. The van der Waals surface area contributed by atoms with E-state index in [0.717, 1.165) is 60.2 Å². The molecule has 0 atom stereocenters. The molecule has 3 aromatic carbocycles. The molecule has 1 aliphatic carbocycles. The molecule has 2 N–H and O–H groups in total. The summed E-state index contributed by atoms with van der Waals surface area (Å²) < 4.78 is 39.0. The van der Waals surface area contributed by atoms with Crippen molar-refractivity contribution in [1.29, 1.82) is 0 Å². The van der Waals surface area contributed by atoms with Crippen LogP contribution in [0.2, 0.25) is 0 Å². The van der Waals surface area contributed by atoms with Crippen molar-refractivity contribution in [2.45, 2.75) is 50.6 Å². The molecule has 0 aromatic heterocycles. The highest BCUT2D eigenvalue weighted by molar-refractivity contribution is 6.03. The number of urea groups is 1. The highest BCUT2D eigenvalue weighted by Gasteiger charge is 2.31. The second-order valence-electron chi connectivity index (χ2n) is 10.2. The van der Waals surface area contributed by atoms with Gasteiger partial charge in [0, 0.05) is 24.3 Å². The van der Waals surface area contributed by atoms with E-state index in [2.05, 4.69) is 35.6 Å². The maximum Gasteiger partial charge on any atom is 0.416 e. The number of anilines is 2. The van der Waals surface area contributed by atoms with Gasteiger partial charge in [-0.25, -0.2) is 4.79 Å². The van der Waals surface area contributed by atoms with Gasteiger partial charge in [-0.05, 0) is 96.5 Å². The fourth-order valence-electron chi connectivity index (χ4n) is 5.65. The van der Waals surface area contributed by atoms with Crippen LogP contribution in [0.1, 0.15) is 54.7 Å². The topological polar surface area (TPSA) is 69.6 Å². The van der Waals surface area contributed by atoms with E-state index in [0.29, 0.717) is 18.9 Å². The van der Waals surface area contributed by atoms with Crippen molar-refractivity contribution in [1.82, 2.24) is 0 Å². The van der Waals surface area contributed by atoms with Gasteiger partial charge in [-0.3, -0.25) is 9.69 Å². The first-order chi connectivity index (χ1) is 18.2. The zero-order valence-corrected chi connectivity index (χ0v) is 20.8. The number of carbonyl (C=O) groups is 2. The third-order valence-electron chi connectivity index (χ3n) is 7.69. The van der Waals surface area contributed by atoms with E-state index >= 15 is 0 Å². The molecule has 2 aliphatic rings. The normalized spacial score (nSPS) is 19.2. The number of nitrogens with one attached hydrogen (secondary N) is 1. The van der Waals surface area contributed by atoms with Gasteiger partial charge in [0.15, 0.2) is 0 Å². The number of aliphatic carboxylic acids is 1. The Bertz CT molecular complexity index is 1330. The van der Waals surface area contributed by atoms with Gasteiger partial charge in [0.1, 0.15) is 0 Å². The number of alkyl halides is 3. The van der Waals surface area contributed by atoms with Crippen LogP contribution in [-0.4, -0.2) is 23.7 Å². The molecule has 8 heteroatoms.